The van der Waals surface area contributed by atoms with Crippen LogP contribution in [0.1, 0.15) is 16.1 Å². The Labute approximate surface area is 180 Å². The molecule has 0 saturated heterocycles. The van der Waals surface area contributed by atoms with E-state index < -0.39 is 5.91 Å². The molecule has 0 aliphatic heterocycles. The highest BCUT2D eigenvalue weighted by molar-refractivity contribution is 9.10. The van der Waals surface area contributed by atoms with Crippen molar-refractivity contribution in [2.45, 2.75) is 6.92 Å². The summed E-state index contributed by atoms with van der Waals surface area (Å²) >= 11 is 20.8. The second kappa shape index (κ2) is 8.44. The van der Waals surface area contributed by atoms with E-state index in [4.69, 9.17) is 39.8 Å². The zero-order valence-corrected chi connectivity index (χ0v) is 17.9. The number of nitrogens with one attached hydrogen (secondary N) is 2. The van der Waals surface area contributed by atoms with Gasteiger partial charge in [-0.05, 0) is 67.2 Å². The Kier molecular flexibility index (Phi) is 6.22. The number of thiocarbonyl (C=S) groups is 1. The third kappa shape index (κ3) is 4.71. The summed E-state index contributed by atoms with van der Waals surface area (Å²) in [4.78, 5) is 12.4. The number of amides is 1. The second-order valence-corrected chi connectivity index (χ2v) is 7.69. The Balaban J connectivity index is 1.69. The van der Waals surface area contributed by atoms with E-state index in [-0.39, 0.29) is 10.9 Å². The van der Waals surface area contributed by atoms with E-state index in [1.165, 1.54) is 0 Å². The van der Waals surface area contributed by atoms with Gasteiger partial charge in [-0.3, -0.25) is 10.1 Å². The Morgan fingerprint density at radius 1 is 1.15 bits per heavy atom. The topological polar surface area (TPSA) is 54.3 Å². The van der Waals surface area contributed by atoms with Crippen LogP contribution in [0.25, 0.3) is 11.3 Å². The molecule has 2 N–H and O–H groups in total. The molecule has 0 aliphatic carbocycles. The predicted octanol–water partition coefficient (Wildman–Crippen LogP) is 6.45. The molecular weight excluding hydrogens is 471 g/mol. The number of anilines is 1. The normalized spacial score (nSPS) is 10.5. The van der Waals surface area contributed by atoms with Gasteiger partial charge >= 0.3 is 0 Å². The van der Waals surface area contributed by atoms with E-state index in [0.717, 1.165) is 15.7 Å². The molecule has 0 spiro atoms. The van der Waals surface area contributed by atoms with Crippen LogP contribution in [0.2, 0.25) is 10.0 Å². The molecular formula is C19H13BrCl2N2O2S. The lowest BCUT2D eigenvalue weighted by molar-refractivity contribution is 0.0951. The lowest BCUT2D eigenvalue weighted by atomic mass is 10.2. The van der Waals surface area contributed by atoms with Crippen LogP contribution in [0.4, 0.5) is 5.69 Å². The SMILES string of the molecule is Cc1cc(NC(=S)NC(=O)c2ccc(-c3cccc(Cl)c3Cl)o2)ccc1Br. The molecule has 2 aromatic carbocycles. The summed E-state index contributed by atoms with van der Waals surface area (Å²) in [6.45, 7) is 1.96. The number of carbonyl (C=O) groups is 1. The van der Waals surface area contributed by atoms with Gasteiger partial charge in [0.1, 0.15) is 5.76 Å². The van der Waals surface area contributed by atoms with Crippen molar-refractivity contribution in [1.82, 2.24) is 5.32 Å². The van der Waals surface area contributed by atoms with E-state index >= 15 is 0 Å². The summed E-state index contributed by atoms with van der Waals surface area (Å²) < 4.78 is 6.60. The highest BCUT2D eigenvalue weighted by Crippen LogP contribution is 2.34. The molecule has 0 atom stereocenters. The first-order chi connectivity index (χ1) is 12.8. The third-order valence-corrected chi connectivity index (χ3v) is 5.60. The summed E-state index contributed by atoms with van der Waals surface area (Å²) in [7, 11) is 0. The number of halogens is 3. The highest BCUT2D eigenvalue weighted by Gasteiger charge is 2.16. The molecule has 0 bridgehead atoms. The second-order valence-electron chi connectivity index (χ2n) is 5.64. The lowest BCUT2D eigenvalue weighted by Crippen LogP contribution is -2.33. The Morgan fingerprint density at radius 3 is 2.67 bits per heavy atom. The summed E-state index contributed by atoms with van der Waals surface area (Å²) in [6.07, 6.45) is 0. The molecule has 0 aliphatic rings. The Morgan fingerprint density at radius 2 is 1.93 bits per heavy atom. The van der Waals surface area contributed by atoms with Gasteiger partial charge in [0.15, 0.2) is 10.9 Å². The van der Waals surface area contributed by atoms with Gasteiger partial charge in [0.25, 0.3) is 5.91 Å². The smallest absolute Gasteiger partial charge is 0.293 e. The fraction of sp³-hybridized carbons (Fsp3) is 0.0526. The quantitative estimate of drug-likeness (QED) is 0.420. The summed E-state index contributed by atoms with van der Waals surface area (Å²) in [5.74, 6) is 0.0815. The fourth-order valence-corrected chi connectivity index (χ4v) is 3.20. The van der Waals surface area contributed by atoms with Crippen molar-refractivity contribution < 1.29 is 9.21 Å². The molecule has 138 valence electrons. The molecule has 4 nitrogen and oxygen atoms in total. The van der Waals surface area contributed by atoms with Crippen molar-refractivity contribution in [2.24, 2.45) is 0 Å². The number of benzene rings is 2. The highest BCUT2D eigenvalue weighted by atomic mass is 79.9. The van der Waals surface area contributed by atoms with Crippen LogP contribution in [-0.2, 0) is 0 Å². The first kappa shape index (κ1) is 19.9. The zero-order chi connectivity index (χ0) is 19.6. The van der Waals surface area contributed by atoms with Crippen molar-refractivity contribution >= 4 is 68.1 Å². The van der Waals surface area contributed by atoms with E-state index in [1.54, 1.807) is 30.3 Å². The first-order valence-corrected chi connectivity index (χ1v) is 9.73. The number of carbonyl (C=O) groups excluding carboxylic acids is 1. The molecule has 1 aromatic heterocycles. The van der Waals surface area contributed by atoms with Crippen LogP contribution < -0.4 is 10.6 Å². The lowest BCUT2D eigenvalue weighted by Gasteiger charge is -2.10. The summed E-state index contributed by atoms with van der Waals surface area (Å²) in [5, 5.41) is 6.49. The maximum atomic E-state index is 12.4. The molecule has 1 amide bonds. The third-order valence-electron chi connectivity index (χ3n) is 3.69. The van der Waals surface area contributed by atoms with Gasteiger partial charge in [-0.25, -0.2) is 0 Å². The average molecular weight is 484 g/mol. The molecule has 0 saturated carbocycles. The molecule has 3 rings (SSSR count). The van der Waals surface area contributed by atoms with E-state index in [0.29, 0.717) is 21.4 Å². The molecule has 0 radical (unpaired) electrons. The van der Waals surface area contributed by atoms with Crippen molar-refractivity contribution in [3.8, 4) is 11.3 Å². The number of hydrogen-bond donors (Lipinski definition) is 2. The minimum absolute atomic E-state index is 0.108. The first-order valence-electron chi connectivity index (χ1n) is 7.78. The summed E-state index contributed by atoms with van der Waals surface area (Å²) in [6, 6.07) is 14.1. The van der Waals surface area contributed by atoms with Gasteiger partial charge in [0.05, 0.1) is 10.0 Å². The van der Waals surface area contributed by atoms with Gasteiger partial charge < -0.3 is 9.73 Å². The number of furan rings is 1. The van der Waals surface area contributed by atoms with Gasteiger partial charge in [0.2, 0.25) is 0 Å². The van der Waals surface area contributed by atoms with Crippen molar-refractivity contribution in [3.63, 3.8) is 0 Å². The van der Waals surface area contributed by atoms with E-state index in [2.05, 4.69) is 26.6 Å². The Bertz CT molecular complexity index is 1040. The van der Waals surface area contributed by atoms with E-state index in [1.807, 2.05) is 25.1 Å². The predicted molar refractivity (Wildman–Crippen MR) is 117 cm³/mol. The summed E-state index contributed by atoms with van der Waals surface area (Å²) in [5.41, 5.74) is 2.42. The zero-order valence-electron chi connectivity index (χ0n) is 14.0. The van der Waals surface area contributed by atoms with Gasteiger partial charge in [-0.2, -0.15) is 0 Å². The average Bonchev–Trinajstić information content (AvgIpc) is 3.10. The van der Waals surface area contributed by atoms with Crippen LogP contribution in [0.15, 0.2) is 57.4 Å². The minimum atomic E-state index is -0.467. The molecule has 8 heteroatoms. The van der Waals surface area contributed by atoms with Crippen LogP contribution >= 0.6 is 51.3 Å². The van der Waals surface area contributed by atoms with Crippen LogP contribution in [0, 0.1) is 6.92 Å². The Hall–Kier alpha value is -1.86. The molecule has 3 aromatic rings. The number of hydrogen-bond acceptors (Lipinski definition) is 3. The van der Waals surface area contributed by atoms with Crippen molar-refractivity contribution in [3.05, 3.63) is 74.4 Å². The van der Waals surface area contributed by atoms with Crippen molar-refractivity contribution in [2.75, 3.05) is 5.32 Å². The monoisotopic (exact) mass is 482 g/mol. The van der Waals surface area contributed by atoms with Gasteiger partial charge in [-0.15, -0.1) is 0 Å². The molecule has 1 heterocycles. The number of aryl methyl sites for hydroxylation is 1. The fourth-order valence-electron chi connectivity index (χ4n) is 2.35. The van der Waals surface area contributed by atoms with Crippen LogP contribution in [-0.4, -0.2) is 11.0 Å². The van der Waals surface area contributed by atoms with Crippen LogP contribution in [0.5, 0.6) is 0 Å². The number of rotatable bonds is 3. The molecule has 0 unspecified atom stereocenters. The minimum Gasteiger partial charge on any atom is -0.451 e. The van der Waals surface area contributed by atoms with E-state index in [9.17, 15) is 4.79 Å². The molecule has 0 fully saturated rings. The molecule has 27 heavy (non-hydrogen) atoms. The van der Waals surface area contributed by atoms with Gasteiger partial charge in [-0.1, -0.05) is 45.2 Å². The maximum Gasteiger partial charge on any atom is 0.293 e. The van der Waals surface area contributed by atoms with Gasteiger partial charge in [0, 0.05) is 15.7 Å². The standard InChI is InChI=1S/C19H13BrCl2N2O2S/c1-10-9-11(5-6-13(10)20)23-19(27)24-18(25)16-8-7-15(26-16)12-3-2-4-14(21)17(12)22/h2-9H,1H3,(H2,23,24,25,27). The van der Waals surface area contributed by atoms with Crippen molar-refractivity contribution in [1.29, 1.82) is 0 Å². The largest absolute Gasteiger partial charge is 0.451 e. The maximum absolute atomic E-state index is 12.4. The van der Waals surface area contributed by atoms with Crippen LogP contribution in [0.3, 0.4) is 0 Å².